The van der Waals surface area contributed by atoms with E-state index in [1.165, 1.54) is 55.2 Å². The minimum Gasteiger partial charge on any atom is -0.333 e. The van der Waals surface area contributed by atoms with Gasteiger partial charge in [-0.25, -0.2) is 0 Å². The van der Waals surface area contributed by atoms with E-state index in [4.69, 9.17) is 0 Å². The Morgan fingerprint density at radius 2 is 1.16 bits per heavy atom. The highest BCUT2D eigenvalue weighted by Gasteiger charge is 2.22. The van der Waals surface area contributed by atoms with E-state index < -0.39 is 0 Å². The van der Waals surface area contributed by atoms with Gasteiger partial charge >= 0.3 is 0 Å². The van der Waals surface area contributed by atoms with Crippen LogP contribution in [0, 0.1) is 5.92 Å². The highest BCUT2D eigenvalue weighted by atomic mass is 15.1. The highest BCUT2D eigenvalue weighted by molar-refractivity contribution is 6.09. The first-order chi connectivity index (χ1) is 27.1. The molecule has 1 aliphatic rings. The zero-order valence-electron chi connectivity index (χ0n) is 31.7. The Balaban J connectivity index is 1.12. The Morgan fingerprint density at radius 3 is 1.89 bits per heavy atom. The van der Waals surface area contributed by atoms with Gasteiger partial charge in [0.15, 0.2) is 0 Å². The average molecular weight is 712 g/mol. The van der Waals surface area contributed by atoms with E-state index >= 15 is 0 Å². The number of anilines is 3. The second kappa shape index (κ2) is 14.8. The minimum atomic E-state index is 0.283. The van der Waals surface area contributed by atoms with Crippen LogP contribution in [-0.2, 0) is 12.8 Å². The first-order valence-electron chi connectivity index (χ1n) is 19.6. The van der Waals surface area contributed by atoms with Crippen molar-refractivity contribution in [3.05, 3.63) is 193 Å². The van der Waals surface area contributed by atoms with Gasteiger partial charge in [-0.3, -0.25) is 4.98 Å². The molecule has 0 aliphatic heterocycles. The van der Waals surface area contributed by atoms with Gasteiger partial charge in [0.25, 0.3) is 0 Å². The Bertz CT molecular complexity index is 2680. The fourth-order valence-electron chi connectivity index (χ4n) is 8.48. The molecule has 0 saturated heterocycles. The van der Waals surface area contributed by atoms with Gasteiger partial charge in [0.2, 0.25) is 0 Å². The molecule has 1 aliphatic carbocycles. The molecule has 2 heterocycles. The first kappa shape index (κ1) is 34.3. The first-order valence-corrected chi connectivity index (χ1v) is 19.6. The number of pyridine rings is 1. The monoisotopic (exact) mass is 711 g/mol. The number of hydrogen-bond acceptors (Lipinski definition) is 2. The van der Waals surface area contributed by atoms with Crippen molar-refractivity contribution in [2.45, 2.75) is 39.7 Å². The molecule has 6 aromatic carbocycles. The van der Waals surface area contributed by atoms with Crippen LogP contribution >= 0.6 is 0 Å². The summed E-state index contributed by atoms with van der Waals surface area (Å²) in [6, 6.07) is 53.9. The van der Waals surface area contributed by atoms with Gasteiger partial charge in [-0.2, -0.15) is 0 Å². The van der Waals surface area contributed by atoms with Gasteiger partial charge in [-0.15, -0.1) is 0 Å². The van der Waals surface area contributed by atoms with Gasteiger partial charge in [-0.1, -0.05) is 130 Å². The number of para-hydroxylation sites is 1. The van der Waals surface area contributed by atoms with E-state index in [0.717, 1.165) is 41.0 Å². The van der Waals surface area contributed by atoms with E-state index in [2.05, 4.69) is 199 Å². The van der Waals surface area contributed by atoms with Gasteiger partial charge in [0.05, 0.1) is 6.04 Å². The van der Waals surface area contributed by atoms with Crippen LogP contribution in [0.2, 0.25) is 0 Å². The quantitative estimate of drug-likeness (QED) is 0.149. The lowest BCUT2D eigenvalue weighted by molar-refractivity contribution is 0.510. The zero-order chi connectivity index (χ0) is 37.3. The molecule has 2 aromatic heterocycles. The molecule has 2 unspecified atom stereocenters. The fraction of sp³-hybridized carbons (Fsp3) is 0.135. The summed E-state index contributed by atoms with van der Waals surface area (Å²) in [6.07, 6.45) is 14.7. The van der Waals surface area contributed by atoms with Crippen LogP contribution in [0.1, 0.15) is 37.9 Å². The summed E-state index contributed by atoms with van der Waals surface area (Å²) in [5.41, 5.74) is 16.0. The van der Waals surface area contributed by atoms with Crippen LogP contribution in [0.15, 0.2) is 182 Å². The molecule has 0 saturated carbocycles. The van der Waals surface area contributed by atoms with Crippen molar-refractivity contribution in [1.82, 2.24) is 9.55 Å². The molecule has 3 nitrogen and oxygen atoms in total. The summed E-state index contributed by atoms with van der Waals surface area (Å²) in [5.74, 6) is 0.419. The van der Waals surface area contributed by atoms with Gasteiger partial charge in [0, 0.05) is 51.3 Å². The predicted molar refractivity (Wildman–Crippen MR) is 233 cm³/mol. The molecular weight excluding hydrogens is 667 g/mol. The molecule has 0 radical (unpaired) electrons. The Labute approximate surface area is 324 Å². The number of benzene rings is 6. The second-order valence-electron chi connectivity index (χ2n) is 14.6. The third-order valence-electron chi connectivity index (χ3n) is 11.4. The molecule has 9 rings (SSSR count). The van der Waals surface area contributed by atoms with Crippen molar-refractivity contribution in [3.8, 4) is 33.4 Å². The SMILES string of the molecule is CCc1ccccc1-c1ccc(N(c2ccc(-c3cccnc3)cc2)c2ccc(-c3ccc4c(c3)c3ccccc3n4C3C=CC=CC3C)cc2)cc1CC. The van der Waals surface area contributed by atoms with E-state index in [1.54, 1.807) is 0 Å². The summed E-state index contributed by atoms with van der Waals surface area (Å²) in [7, 11) is 0. The van der Waals surface area contributed by atoms with Gasteiger partial charge in [0.1, 0.15) is 0 Å². The lowest BCUT2D eigenvalue weighted by atomic mass is 9.92. The van der Waals surface area contributed by atoms with Crippen LogP contribution in [-0.4, -0.2) is 9.55 Å². The number of nitrogens with zero attached hydrogens (tertiary/aromatic N) is 3. The summed E-state index contributed by atoms with van der Waals surface area (Å²) < 4.78 is 2.52. The van der Waals surface area contributed by atoms with Crippen molar-refractivity contribution in [2.24, 2.45) is 5.92 Å². The minimum absolute atomic E-state index is 0.283. The number of hydrogen-bond donors (Lipinski definition) is 0. The lowest BCUT2D eigenvalue weighted by Crippen LogP contribution is -2.15. The largest absolute Gasteiger partial charge is 0.333 e. The van der Waals surface area contributed by atoms with Crippen LogP contribution < -0.4 is 4.90 Å². The topological polar surface area (TPSA) is 21.1 Å². The van der Waals surface area contributed by atoms with E-state index in [1.807, 2.05) is 18.5 Å². The summed E-state index contributed by atoms with van der Waals surface area (Å²) in [4.78, 5) is 6.74. The van der Waals surface area contributed by atoms with Crippen LogP contribution in [0.3, 0.4) is 0 Å². The molecule has 0 fully saturated rings. The molecule has 2 atom stereocenters. The molecule has 8 aromatic rings. The predicted octanol–water partition coefficient (Wildman–Crippen LogP) is 14.1. The normalized spacial score (nSPS) is 15.2. The van der Waals surface area contributed by atoms with Gasteiger partial charge < -0.3 is 9.47 Å². The number of rotatable bonds is 9. The van der Waals surface area contributed by atoms with Crippen molar-refractivity contribution in [2.75, 3.05) is 4.90 Å². The molecule has 3 heteroatoms. The fourth-order valence-corrected chi connectivity index (χ4v) is 8.48. The smallest absolute Gasteiger partial charge is 0.0585 e. The van der Waals surface area contributed by atoms with Crippen LogP contribution in [0.5, 0.6) is 0 Å². The van der Waals surface area contributed by atoms with Crippen molar-refractivity contribution >= 4 is 38.9 Å². The Morgan fingerprint density at radius 1 is 0.527 bits per heavy atom. The molecular formula is C52H45N3. The molecule has 0 N–H and O–H groups in total. The summed E-state index contributed by atoms with van der Waals surface area (Å²) in [6.45, 7) is 6.81. The Kier molecular flexibility index (Phi) is 9.21. The maximum Gasteiger partial charge on any atom is 0.0585 e. The van der Waals surface area contributed by atoms with E-state index in [-0.39, 0.29) is 6.04 Å². The molecule has 55 heavy (non-hydrogen) atoms. The van der Waals surface area contributed by atoms with E-state index in [0.29, 0.717) is 5.92 Å². The number of allylic oxidation sites excluding steroid dienone is 4. The third kappa shape index (κ3) is 6.36. The standard InChI is InChI=1S/C52H45N3/c1-4-37-14-7-8-16-46(37)47-30-29-45(33-38(47)5-2)54(44-27-22-40(23-28-44)42-15-12-32-53-35-42)43-25-20-39(21-26-43)41-24-31-52-49(34-41)48-17-9-11-19-51(48)55(52)50-18-10-6-13-36(50)3/h6-36,50H,4-5H2,1-3H3. The van der Waals surface area contributed by atoms with E-state index in [9.17, 15) is 0 Å². The summed E-state index contributed by atoms with van der Waals surface area (Å²) >= 11 is 0. The van der Waals surface area contributed by atoms with Crippen LogP contribution in [0.25, 0.3) is 55.2 Å². The second-order valence-corrected chi connectivity index (χ2v) is 14.6. The number of fused-ring (bicyclic) bond motifs is 3. The molecule has 0 bridgehead atoms. The third-order valence-corrected chi connectivity index (χ3v) is 11.4. The van der Waals surface area contributed by atoms with Crippen molar-refractivity contribution < 1.29 is 0 Å². The highest BCUT2D eigenvalue weighted by Crippen LogP contribution is 2.41. The number of aromatic nitrogens is 2. The Hall–Kier alpha value is -6.45. The number of aryl methyl sites for hydroxylation is 2. The lowest BCUT2D eigenvalue weighted by Gasteiger charge is -2.27. The maximum absolute atomic E-state index is 4.35. The maximum atomic E-state index is 4.35. The zero-order valence-corrected chi connectivity index (χ0v) is 31.7. The molecule has 0 spiro atoms. The van der Waals surface area contributed by atoms with Crippen molar-refractivity contribution in [3.63, 3.8) is 0 Å². The average Bonchev–Trinajstić information content (AvgIpc) is 3.58. The van der Waals surface area contributed by atoms with Gasteiger partial charge in [-0.05, 0) is 124 Å². The molecule has 268 valence electrons. The molecule has 0 amide bonds. The summed E-state index contributed by atoms with van der Waals surface area (Å²) in [5, 5.41) is 2.59. The van der Waals surface area contributed by atoms with Crippen molar-refractivity contribution in [1.29, 1.82) is 0 Å². The van der Waals surface area contributed by atoms with Crippen LogP contribution in [0.4, 0.5) is 17.1 Å².